The predicted molar refractivity (Wildman–Crippen MR) is 79.4 cm³/mol. The molecule has 0 aromatic rings. The lowest BCUT2D eigenvalue weighted by atomic mass is 10.0. The highest BCUT2D eigenvalue weighted by molar-refractivity contribution is 5.82. The van der Waals surface area contributed by atoms with Crippen molar-refractivity contribution in [1.82, 2.24) is 9.80 Å². The van der Waals surface area contributed by atoms with Gasteiger partial charge in [0.15, 0.2) is 0 Å². The molecule has 2 rings (SSSR count). The van der Waals surface area contributed by atoms with Gasteiger partial charge in [-0.05, 0) is 18.3 Å². The van der Waals surface area contributed by atoms with Crippen molar-refractivity contribution in [2.45, 2.75) is 39.3 Å². The van der Waals surface area contributed by atoms with Crippen LogP contribution in [0.3, 0.4) is 0 Å². The summed E-state index contributed by atoms with van der Waals surface area (Å²) in [4.78, 5) is 16.9. The Morgan fingerprint density at radius 2 is 1.95 bits per heavy atom. The quantitative estimate of drug-likeness (QED) is 0.818. The van der Waals surface area contributed by atoms with Crippen molar-refractivity contribution in [3.8, 4) is 0 Å². The lowest BCUT2D eigenvalue weighted by molar-refractivity contribution is -0.132. The Kier molecular flexibility index (Phi) is 5.41. The van der Waals surface area contributed by atoms with Crippen molar-refractivity contribution in [2.75, 3.05) is 39.4 Å². The number of carbonyl (C=O) groups is 1. The first kappa shape index (κ1) is 15.7. The molecule has 1 amide bonds. The molecule has 2 N–H and O–H groups in total. The number of amides is 1. The molecule has 0 bridgehead atoms. The maximum atomic E-state index is 12.4. The van der Waals surface area contributed by atoms with Gasteiger partial charge in [-0.3, -0.25) is 9.69 Å². The van der Waals surface area contributed by atoms with Crippen molar-refractivity contribution >= 4 is 5.91 Å². The van der Waals surface area contributed by atoms with Gasteiger partial charge in [0.2, 0.25) is 5.91 Å². The van der Waals surface area contributed by atoms with E-state index in [0.29, 0.717) is 17.9 Å². The zero-order valence-corrected chi connectivity index (χ0v) is 13.0. The third-order valence-corrected chi connectivity index (χ3v) is 4.44. The van der Waals surface area contributed by atoms with Gasteiger partial charge in [0.1, 0.15) is 0 Å². The van der Waals surface area contributed by atoms with Crippen LogP contribution in [0.1, 0.15) is 27.2 Å². The Bertz CT molecular complexity index is 329. The first-order valence-corrected chi connectivity index (χ1v) is 7.85. The lowest BCUT2D eigenvalue weighted by Crippen LogP contribution is -2.48. The molecule has 0 radical (unpaired) electrons. The zero-order chi connectivity index (χ0) is 14.7. The zero-order valence-electron chi connectivity index (χ0n) is 13.0. The molecule has 2 heterocycles. The molecular formula is C15H29N3O2. The fourth-order valence-corrected chi connectivity index (χ4v) is 3.36. The summed E-state index contributed by atoms with van der Waals surface area (Å²) in [6.45, 7) is 11.7. The molecule has 2 fully saturated rings. The molecule has 20 heavy (non-hydrogen) atoms. The number of hydrogen-bond donors (Lipinski definition) is 1. The molecule has 0 spiro atoms. The van der Waals surface area contributed by atoms with Crippen molar-refractivity contribution in [1.29, 1.82) is 0 Å². The van der Waals surface area contributed by atoms with Gasteiger partial charge in [-0.2, -0.15) is 0 Å². The summed E-state index contributed by atoms with van der Waals surface area (Å²) in [5, 5.41) is 0. The van der Waals surface area contributed by atoms with E-state index in [9.17, 15) is 4.79 Å². The number of ether oxygens (including phenoxy) is 1. The van der Waals surface area contributed by atoms with Gasteiger partial charge < -0.3 is 15.4 Å². The summed E-state index contributed by atoms with van der Waals surface area (Å²) >= 11 is 0. The second-order valence-corrected chi connectivity index (χ2v) is 6.67. The third kappa shape index (κ3) is 3.71. The smallest absolute Gasteiger partial charge is 0.239 e. The highest BCUT2D eigenvalue weighted by Crippen LogP contribution is 2.23. The molecule has 5 nitrogen and oxygen atoms in total. The Morgan fingerprint density at radius 1 is 1.30 bits per heavy atom. The van der Waals surface area contributed by atoms with E-state index in [0.717, 1.165) is 45.8 Å². The summed E-state index contributed by atoms with van der Waals surface area (Å²) < 4.78 is 5.41. The number of carbonyl (C=O) groups excluding carboxylic acids is 1. The molecule has 2 aliphatic rings. The van der Waals surface area contributed by atoms with Gasteiger partial charge in [0.05, 0.1) is 19.3 Å². The van der Waals surface area contributed by atoms with E-state index in [-0.39, 0.29) is 11.9 Å². The topological polar surface area (TPSA) is 58.8 Å². The van der Waals surface area contributed by atoms with Gasteiger partial charge in [-0.15, -0.1) is 0 Å². The molecular weight excluding hydrogens is 254 g/mol. The van der Waals surface area contributed by atoms with E-state index in [2.05, 4.69) is 25.7 Å². The summed E-state index contributed by atoms with van der Waals surface area (Å²) in [7, 11) is 0. The summed E-state index contributed by atoms with van der Waals surface area (Å²) in [6.07, 6.45) is 0.770. The SMILES string of the molecule is CC(C)C[C@H](N)C(=O)N1CC(C)C(N2CCOCC2)C1. The number of hydrogen-bond acceptors (Lipinski definition) is 4. The van der Waals surface area contributed by atoms with Gasteiger partial charge in [-0.1, -0.05) is 20.8 Å². The average molecular weight is 283 g/mol. The highest BCUT2D eigenvalue weighted by Gasteiger charge is 2.37. The molecule has 2 unspecified atom stereocenters. The Hall–Kier alpha value is -0.650. The fraction of sp³-hybridized carbons (Fsp3) is 0.933. The molecule has 5 heteroatoms. The van der Waals surface area contributed by atoms with Crippen LogP contribution in [-0.2, 0) is 9.53 Å². The Labute approximate surface area is 122 Å². The van der Waals surface area contributed by atoms with Crippen LogP contribution in [0.2, 0.25) is 0 Å². The first-order valence-electron chi connectivity index (χ1n) is 7.85. The third-order valence-electron chi connectivity index (χ3n) is 4.44. The molecule has 0 aromatic carbocycles. The molecule has 116 valence electrons. The fourth-order valence-electron chi connectivity index (χ4n) is 3.36. The minimum absolute atomic E-state index is 0.126. The number of likely N-dealkylation sites (tertiary alicyclic amines) is 1. The van der Waals surface area contributed by atoms with Gasteiger partial charge >= 0.3 is 0 Å². The van der Waals surface area contributed by atoms with Crippen LogP contribution < -0.4 is 5.73 Å². The number of nitrogens with zero attached hydrogens (tertiary/aromatic N) is 2. The van der Waals surface area contributed by atoms with Gasteiger partial charge in [-0.25, -0.2) is 0 Å². The van der Waals surface area contributed by atoms with E-state index >= 15 is 0 Å². The molecule has 0 aliphatic carbocycles. The van der Waals surface area contributed by atoms with E-state index in [1.54, 1.807) is 0 Å². The van der Waals surface area contributed by atoms with E-state index in [4.69, 9.17) is 10.5 Å². The second kappa shape index (κ2) is 6.87. The second-order valence-electron chi connectivity index (χ2n) is 6.67. The van der Waals surface area contributed by atoms with Crippen LogP contribution in [0.15, 0.2) is 0 Å². The molecule has 2 saturated heterocycles. The van der Waals surface area contributed by atoms with Crippen LogP contribution in [0.25, 0.3) is 0 Å². The standard InChI is InChI=1S/C15H29N3O2/c1-11(2)8-13(16)15(19)18-9-12(3)14(10-18)17-4-6-20-7-5-17/h11-14H,4-10,16H2,1-3H3/t12?,13-,14?/m0/s1. The lowest BCUT2D eigenvalue weighted by Gasteiger charge is -2.34. The van der Waals surface area contributed by atoms with Gasteiger partial charge in [0, 0.05) is 32.2 Å². The van der Waals surface area contributed by atoms with E-state index in [1.807, 2.05) is 4.90 Å². The maximum Gasteiger partial charge on any atom is 0.239 e. The number of morpholine rings is 1. The van der Waals surface area contributed by atoms with E-state index < -0.39 is 0 Å². The van der Waals surface area contributed by atoms with Crippen LogP contribution in [0.4, 0.5) is 0 Å². The van der Waals surface area contributed by atoms with Crippen LogP contribution in [-0.4, -0.2) is 67.2 Å². The molecule has 0 aromatic heterocycles. The minimum atomic E-state index is -0.342. The van der Waals surface area contributed by atoms with Crippen molar-refractivity contribution in [3.63, 3.8) is 0 Å². The van der Waals surface area contributed by atoms with Crippen molar-refractivity contribution in [2.24, 2.45) is 17.6 Å². The Morgan fingerprint density at radius 3 is 2.55 bits per heavy atom. The molecule has 2 aliphatic heterocycles. The summed E-state index contributed by atoms with van der Waals surface area (Å²) in [6, 6.07) is 0.125. The summed E-state index contributed by atoms with van der Waals surface area (Å²) in [5.41, 5.74) is 6.04. The first-order chi connectivity index (χ1) is 9.49. The largest absolute Gasteiger partial charge is 0.379 e. The molecule has 0 saturated carbocycles. The minimum Gasteiger partial charge on any atom is -0.379 e. The maximum absolute atomic E-state index is 12.4. The summed E-state index contributed by atoms with van der Waals surface area (Å²) in [5.74, 6) is 1.11. The van der Waals surface area contributed by atoms with Crippen LogP contribution >= 0.6 is 0 Å². The van der Waals surface area contributed by atoms with Crippen molar-refractivity contribution in [3.05, 3.63) is 0 Å². The predicted octanol–water partition coefficient (Wildman–Crippen LogP) is 0.539. The Balaban J connectivity index is 1.90. The van der Waals surface area contributed by atoms with Gasteiger partial charge in [0.25, 0.3) is 0 Å². The highest BCUT2D eigenvalue weighted by atomic mass is 16.5. The van der Waals surface area contributed by atoms with Crippen LogP contribution in [0.5, 0.6) is 0 Å². The number of rotatable bonds is 4. The molecule has 3 atom stereocenters. The normalized spacial score (nSPS) is 29.9. The average Bonchev–Trinajstić information content (AvgIpc) is 2.80. The van der Waals surface area contributed by atoms with E-state index in [1.165, 1.54) is 0 Å². The van der Waals surface area contributed by atoms with Crippen molar-refractivity contribution < 1.29 is 9.53 Å². The van der Waals surface area contributed by atoms with Crippen LogP contribution in [0, 0.1) is 11.8 Å². The number of nitrogens with two attached hydrogens (primary N) is 1. The monoisotopic (exact) mass is 283 g/mol.